The van der Waals surface area contributed by atoms with Crippen LogP contribution in [0.1, 0.15) is 19.8 Å². The molecule has 0 bridgehead atoms. The molecule has 0 amide bonds. The molecule has 1 fully saturated rings. The molecule has 1 saturated heterocycles. The van der Waals surface area contributed by atoms with E-state index in [2.05, 4.69) is 17.0 Å². The fourth-order valence-electron chi connectivity index (χ4n) is 1.67. The van der Waals surface area contributed by atoms with Crippen LogP contribution in [0.15, 0.2) is 5.16 Å². The lowest BCUT2D eigenvalue weighted by atomic mass is 10.1. The summed E-state index contributed by atoms with van der Waals surface area (Å²) >= 11 is 0. The Labute approximate surface area is 79.2 Å². The molecule has 0 aliphatic carbocycles. The fraction of sp³-hybridized carbons (Fsp3) is 0.889. The number of ether oxygens (including phenoxy) is 1. The first-order valence-corrected chi connectivity index (χ1v) is 4.70. The highest BCUT2D eigenvalue weighted by Crippen LogP contribution is 2.10. The van der Waals surface area contributed by atoms with Gasteiger partial charge in [-0.15, -0.1) is 0 Å². The Morgan fingerprint density at radius 1 is 1.54 bits per heavy atom. The molecule has 1 atom stereocenters. The van der Waals surface area contributed by atoms with Gasteiger partial charge in [0.15, 0.2) is 0 Å². The summed E-state index contributed by atoms with van der Waals surface area (Å²) in [6.07, 6.45) is 1.76. The Morgan fingerprint density at radius 2 is 2.15 bits per heavy atom. The molecule has 13 heavy (non-hydrogen) atoms. The van der Waals surface area contributed by atoms with E-state index in [9.17, 15) is 0 Å². The lowest BCUT2D eigenvalue weighted by Crippen LogP contribution is -2.42. The van der Waals surface area contributed by atoms with Crippen molar-refractivity contribution in [3.05, 3.63) is 0 Å². The summed E-state index contributed by atoms with van der Waals surface area (Å²) in [5, 5.41) is 11.8. The monoisotopic (exact) mass is 186 g/mol. The lowest BCUT2D eigenvalue weighted by Gasteiger charge is -2.32. The van der Waals surface area contributed by atoms with E-state index in [1.54, 1.807) is 7.11 Å². The number of rotatable bonds is 3. The molecule has 4 heteroatoms. The van der Waals surface area contributed by atoms with Gasteiger partial charge in [-0.3, -0.25) is 4.90 Å². The number of hydrogen-bond acceptors (Lipinski definition) is 4. The van der Waals surface area contributed by atoms with E-state index >= 15 is 0 Å². The molecule has 0 spiro atoms. The Kier molecular flexibility index (Phi) is 4.18. The van der Waals surface area contributed by atoms with Crippen molar-refractivity contribution >= 4 is 5.71 Å². The SMILES string of the molecule is COCC(C)N1CCC(=NO)CC1. The maximum Gasteiger partial charge on any atom is 0.0615 e. The van der Waals surface area contributed by atoms with E-state index in [1.807, 2.05) is 0 Å². The zero-order valence-corrected chi connectivity index (χ0v) is 8.36. The number of hydrogen-bond donors (Lipinski definition) is 1. The largest absolute Gasteiger partial charge is 0.411 e. The van der Waals surface area contributed by atoms with Crippen LogP contribution in [0.3, 0.4) is 0 Å². The van der Waals surface area contributed by atoms with Crippen LogP contribution >= 0.6 is 0 Å². The minimum Gasteiger partial charge on any atom is -0.411 e. The second-order valence-corrected chi connectivity index (χ2v) is 3.51. The number of likely N-dealkylation sites (tertiary alicyclic amines) is 1. The highest BCUT2D eigenvalue weighted by molar-refractivity contribution is 5.84. The van der Waals surface area contributed by atoms with Gasteiger partial charge in [-0.25, -0.2) is 0 Å². The molecular formula is C9H18N2O2. The minimum absolute atomic E-state index is 0.463. The zero-order valence-electron chi connectivity index (χ0n) is 8.36. The van der Waals surface area contributed by atoms with Crippen LogP contribution in [0.2, 0.25) is 0 Å². The smallest absolute Gasteiger partial charge is 0.0615 e. The molecule has 0 aromatic carbocycles. The average Bonchev–Trinajstić information content (AvgIpc) is 2.18. The molecule has 0 radical (unpaired) electrons. The number of nitrogens with zero attached hydrogens (tertiary/aromatic N) is 2. The molecule has 1 N–H and O–H groups in total. The van der Waals surface area contributed by atoms with Gasteiger partial charge in [-0.1, -0.05) is 5.16 Å². The predicted molar refractivity (Wildman–Crippen MR) is 51.4 cm³/mol. The van der Waals surface area contributed by atoms with Crippen molar-refractivity contribution in [3.63, 3.8) is 0 Å². The normalized spacial score (nSPS) is 21.5. The number of methoxy groups -OCH3 is 1. The average molecular weight is 186 g/mol. The van der Waals surface area contributed by atoms with Crippen LogP contribution in [0.25, 0.3) is 0 Å². The molecular weight excluding hydrogens is 168 g/mol. The van der Waals surface area contributed by atoms with Crippen LogP contribution in [0.4, 0.5) is 0 Å². The topological polar surface area (TPSA) is 45.1 Å². The van der Waals surface area contributed by atoms with E-state index in [0.29, 0.717) is 6.04 Å². The second-order valence-electron chi connectivity index (χ2n) is 3.51. The van der Waals surface area contributed by atoms with E-state index in [4.69, 9.17) is 9.94 Å². The summed E-state index contributed by atoms with van der Waals surface area (Å²) in [5.41, 5.74) is 0.917. The third-order valence-electron chi connectivity index (χ3n) is 2.55. The standard InChI is InChI=1S/C9H18N2O2/c1-8(7-13-2)11-5-3-9(10-12)4-6-11/h8,12H,3-7H2,1-2H3. The van der Waals surface area contributed by atoms with Gasteiger partial charge in [0.1, 0.15) is 0 Å². The van der Waals surface area contributed by atoms with Gasteiger partial charge in [0.05, 0.1) is 12.3 Å². The third kappa shape index (κ3) is 2.97. The first kappa shape index (κ1) is 10.5. The summed E-state index contributed by atoms with van der Waals surface area (Å²) in [6.45, 7) is 4.88. The maximum absolute atomic E-state index is 8.56. The quantitative estimate of drug-likeness (QED) is 0.527. The predicted octanol–water partition coefficient (Wildman–Crippen LogP) is 0.947. The van der Waals surface area contributed by atoms with E-state index < -0.39 is 0 Å². The Balaban J connectivity index is 2.31. The highest BCUT2D eigenvalue weighted by Gasteiger charge is 2.19. The van der Waals surface area contributed by atoms with Crippen molar-refractivity contribution in [3.8, 4) is 0 Å². The van der Waals surface area contributed by atoms with Crippen LogP contribution in [-0.2, 0) is 4.74 Å². The molecule has 76 valence electrons. The molecule has 1 aliphatic rings. The first-order chi connectivity index (χ1) is 6.27. The molecule has 1 rings (SSSR count). The Hall–Kier alpha value is -0.610. The number of oxime groups is 1. The summed E-state index contributed by atoms with van der Waals surface area (Å²) < 4.78 is 5.09. The summed E-state index contributed by atoms with van der Waals surface area (Å²) in [4.78, 5) is 2.36. The lowest BCUT2D eigenvalue weighted by molar-refractivity contribution is 0.0982. The van der Waals surface area contributed by atoms with Crippen LogP contribution < -0.4 is 0 Å². The van der Waals surface area contributed by atoms with Gasteiger partial charge in [0, 0.05) is 39.1 Å². The fourth-order valence-corrected chi connectivity index (χ4v) is 1.67. The van der Waals surface area contributed by atoms with E-state index in [0.717, 1.165) is 38.2 Å². The maximum atomic E-state index is 8.56. The second kappa shape index (κ2) is 5.19. The van der Waals surface area contributed by atoms with Crippen molar-refractivity contribution in [1.82, 2.24) is 4.90 Å². The molecule has 4 nitrogen and oxygen atoms in total. The van der Waals surface area contributed by atoms with Gasteiger partial charge in [-0.2, -0.15) is 0 Å². The van der Waals surface area contributed by atoms with Crippen LogP contribution in [-0.4, -0.2) is 48.7 Å². The van der Waals surface area contributed by atoms with Gasteiger partial charge in [0.25, 0.3) is 0 Å². The van der Waals surface area contributed by atoms with E-state index in [-0.39, 0.29) is 0 Å². The number of piperidine rings is 1. The van der Waals surface area contributed by atoms with Crippen molar-refractivity contribution in [2.75, 3.05) is 26.8 Å². The Morgan fingerprint density at radius 3 is 2.62 bits per heavy atom. The first-order valence-electron chi connectivity index (χ1n) is 4.70. The zero-order chi connectivity index (χ0) is 9.68. The summed E-state index contributed by atoms with van der Waals surface area (Å²) in [6, 6.07) is 0.463. The molecule has 0 aromatic heterocycles. The van der Waals surface area contributed by atoms with Crippen molar-refractivity contribution in [2.24, 2.45) is 5.16 Å². The van der Waals surface area contributed by atoms with Crippen molar-refractivity contribution in [2.45, 2.75) is 25.8 Å². The summed E-state index contributed by atoms with van der Waals surface area (Å²) in [7, 11) is 1.72. The van der Waals surface area contributed by atoms with Crippen LogP contribution in [0.5, 0.6) is 0 Å². The Bertz CT molecular complexity index is 172. The third-order valence-corrected chi connectivity index (χ3v) is 2.55. The van der Waals surface area contributed by atoms with Crippen molar-refractivity contribution in [1.29, 1.82) is 0 Å². The molecule has 0 saturated carbocycles. The summed E-state index contributed by atoms with van der Waals surface area (Å²) in [5.74, 6) is 0. The molecule has 1 heterocycles. The van der Waals surface area contributed by atoms with Gasteiger partial charge in [0.2, 0.25) is 0 Å². The van der Waals surface area contributed by atoms with Crippen molar-refractivity contribution < 1.29 is 9.94 Å². The minimum atomic E-state index is 0.463. The molecule has 1 aliphatic heterocycles. The van der Waals surface area contributed by atoms with Gasteiger partial charge >= 0.3 is 0 Å². The molecule has 0 aromatic rings. The molecule has 1 unspecified atom stereocenters. The van der Waals surface area contributed by atoms with Gasteiger partial charge < -0.3 is 9.94 Å². The van der Waals surface area contributed by atoms with Gasteiger partial charge in [-0.05, 0) is 6.92 Å². The highest BCUT2D eigenvalue weighted by atomic mass is 16.5. The van der Waals surface area contributed by atoms with Crippen LogP contribution in [0, 0.1) is 0 Å². The van der Waals surface area contributed by atoms with E-state index in [1.165, 1.54) is 0 Å².